The van der Waals surface area contributed by atoms with Gasteiger partial charge in [0.1, 0.15) is 0 Å². The van der Waals surface area contributed by atoms with Crippen LogP contribution in [0.5, 0.6) is 0 Å². The Balaban J connectivity index is 1.72. The Hall–Kier alpha value is -0.610. The second-order valence-corrected chi connectivity index (χ2v) is 5.38. The third-order valence-corrected chi connectivity index (χ3v) is 4.06. The number of amides is 1. The molecule has 98 valence electrons. The van der Waals surface area contributed by atoms with E-state index in [0.717, 1.165) is 19.5 Å². The molecule has 0 spiro atoms. The average Bonchev–Trinajstić information content (AvgIpc) is 2.58. The first-order valence-electron chi connectivity index (χ1n) is 6.98. The fraction of sp³-hybridized carbons (Fsp3) is 0.923. The molecular formula is C13H25N3O. The zero-order valence-electron chi connectivity index (χ0n) is 10.9. The van der Waals surface area contributed by atoms with E-state index in [1.54, 1.807) is 0 Å². The summed E-state index contributed by atoms with van der Waals surface area (Å²) in [6, 6.07) is 0.592. The van der Waals surface area contributed by atoms with E-state index in [2.05, 4.69) is 22.6 Å². The number of carbonyl (C=O) groups is 1. The third kappa shape index (κ3) is 3.68. The van der Waals surface area contributed by atoms with Crippen molar-refractivity contribution in [2.24, 2.45) is 0 Å². The Morgan fingerprint density at radius 3 is 2.94 bits per heavy atom. The van der Waals surface area contributed by atoms with Crippen molar-refractivity contribution in [1.82, 2.24) is 15.5 Å². The lowest BCUT2D eigenvalue weighted by Gasteiger charge is -2.22. The van der Waals surface area contributed by atoms with Crippen molar-refractivity contribution in [1.29, 1.82) is 0 Å². The zero-order valence-corrected chi connectivity index (χ0v) is 10.9. The maximum atomic E-state index is 12.0. The van der Waals surface area contributed by atoms with Crippen molar-refractivity contribution in [2.45, 2.75) is 50.6 Å². The van der Waals surface area contributed by atoms with Gasteiger partial charge in [0.2, 0.25) is 5.91 Å². The van der Waals surface area contributed by atoms with Crippen LogP contribution >= 0.6 is 0 Å². The van der Waals surface area contributed by atoms with Crippen molar-refractivity contribution in [3.63, 3.8) is 0 Å². The van der Waals surface area contributed by atoms with Gasteiger partial charge in [-0.3, -0.25) is 4.79 Å². The minimum atomic E-state index is 0.0456. The molecule has 0 aromatic carbocycles. The lowest BCUT2D eigenvalue weighted by molar-refractivity contribution is -0.123. The van der Waals surface area contributed by atoms with Crippen molar-refractivity contribution < 1.29 is 4.79 Å². The van der Waals surface area contributed by atoms with Crippen LogP contribution in [0.3, 0.4) is 0 Å². The summed E-state index contributed by atoms with van der Waals surface area (Å²) in [5, 5.41) is 6.45. The first-order valence-corrected chi connectivity index (χ1v) is 6.98. The molecule has 1 amide bonds. The summed E-state index contributed by atoms with van der Waals surface area (Å²) >= 11 is 0. The van der Waals surface area contributed by atoms with Gasteiger partial charge in [0, 0.05) is 12.6 Å². The van der Waals surface area contributed by atoms with E-state index < -0.39 is 0 Å². The molecule has 2 saturated heterocycles. The van der Waals surface area contributed by atoms with Crippen molar-refractivity contribution in [2.75, 3.05) is 26.7 Å². The van der Waals surface area contributed by atoms with Crippen LogP contribution in [0.2, 0.25) is 0 Å². The maximum absolute atomic E-state index is 12.0. The summed E-state index contributed by atoms with van der Waals surface area (Å²) in [6.07, 6.45) is 7.10. The summed E-state index contributed by atoms with van der Waals surface area (Å²) in [5.41, 5.74) is 0. The topological polar surface area (TPSA) is 44.4 Å². The van der Waals surface area contributed by atoms with Crippen LogP contribution in [-0.4, -0.2) is 49.6 Å². The smallest absolute Gasteiger partial charge is 0.237 e. The monoisotopic (exact) mass is 239 g/mol. The van der Waals surface area contributed by atoms with Gasteiger partial charge in [0.25, 0.3) is 0 Å². The van der Waals surface area contributed by atoms with E-state index in [4.69, 9.17) is 0 Å². The molecule has 4 heteroatoms. The molecule has 17 heavy (non-hydrogen) atoms. The fourth-order valence-corrected chi connectivity index (χ4v) is 2.83. The Kier molecular flexibility index (Phi) is 4.80. The fourth-order valence-electron chi connectivity index (χ4n) is 2.83. The Morgan fingerprint density at radius 2 is 2.18 bits per heavy atom. The van der Waals surface area contributed by atoms with Crippen molar-refractivity contribution >= 4 is 5.91 Å². The van der Waals surface area contributed by atoms with Gasteiger partial charge in [-0.1, -0.05) is 12.8 Å². The second-order valence-electron chi connectivity index (χ2n) is 5.38. The van der Waals surface area contributed by atoms with Gasteiger partial charge in [-0.15, -0.1) is 0 Å². The van der Waals surface area contributed by atoms with Crippen LogP contribution in [0.25, 0.3) is 0 Å². The van der Waals surface area contributed by atoms with E-state index >= 15 is 0 Å². The number of nitrogens with zero attached hydrogens (tertiary/aromatic N) is 1. The van der Waals surface area contributed by atoms with E-state index in [0.29, 0.717) is 6.04 Å². The minimum Gasteiger partial charge on any atom is -0.353 e. The average molecular weight is 239 g/mol. The van der Waals surface area contributed by atoms with Crippen LogP contribution < -0.4 is 10.6 Å². The molecule has 2 aliphatic heterocycles. The second kappa shape index (κ2) is 6.36. The number of nitrogens with one attached hydrogen (secondary N) is 2. The van der Waals surface area contributed by atoms with E-state index in [1.165, 1.54) is 38.6 Å². The van der Waals surface area contributed by atoms with Crippen molar-refractivity contribution in [3.05, 3.63) is 0 Å². The van der Waals surface area contributed by atoms with E-state index in [1.807, 2.05) is 0 Å². The molecule has 2 unspecified atom stereocenters. The van der Waals surface area contributed by atoms with Crippen LogP contribution in [0.4, 0.5) is 0 Å². The molecule has 0 saturated carbocycles. The minimum absolute atomic E-state index is 0.0456. The third-order valence-electron chi connectivity index (χ3n) is 4.06. The Bertz CT molecular complexity index is 249. The number of likely N-dealkylation sites (N-methyl/N-ethyl adjacent to an activating group) is 1. The number of likely N-dealkylation sites (tertiary alicyclic amines) is 1. The molecule has 4 nitrogen and oxygen atoms in total. The largest absolute Gasteiger partial charge is 0.353 e. The van der Waals surface area contributed by atoms with Crippen molar-refractivity contribution in [3.8, 4) is 0 Å². The molecule has 2 heterocycles. The Labute approximate surface area is 104 Å². The molecule has 2 fully saturated rings. The van der Waals surface area contributed by atoms with Crippen LogP contribution in [0, 0.1) is 0 Å². The van der Waals surface area contributed by atoms with Gasteiger partial charge in [0.15, 0.2) is 0 Å². The van der Waals surface area contributed by atoms with Gasteiger partial charge >= 0.3 is 0 Å². The van der Waals surface area contributed by atoms with Crippen LogP contribution in [-0.2, 0) is 4.79 Å². The first-order chi connectivity index (χ1) is 8.27. The highest BCUT2D eigenvalue weighted by molar-refractivity contribution is 5.81. The van der Waals surface area contributed by atoms with Gasteiger partial charge in [-0.2, -0.15) is 0 Å². The van der Waals surface area contributed by atoms with Gasteiger partial charge in [-0.25, -0.2) is 0 Å². The van der Waals surface area contributed by atoms with Gasteiger partial charge < -0.3 is 15.5 Å². The highest BCUT2D eigenvalue weighted by atomic mass is 16.2. The highest BCUT2D eigenvalue weighted by Crippen LogP contribution is 2.14. The van der Waals surface area contributed by atoms with Crippen LogP contribution in [0.1, 0.15) is 38.5 Å². The molecular weight excluding hydrogens is 214 g/mol. The standard InChI is InChI=1S/C13H25N3O/c1-16-9-5-6-11(16)10-15-13(17)12-7-3-2-4-8-14-12/h11-12,14H,2-10H2,1H3,(H,15,17). The van der Waals surface area contributed by atoms with E-state index in [-0.39, 0.29) is 11.9 Å². The van der Waals surface area contributed by atoms with Gasteiger partial charge in [-0.05, 0) is 45.8 Å². The normalized spacial score (nSPS) is 31.1. The maximum Gasteiger partial charge on any atom is 0.237 e. The molecule has 0 bridgehead atoms. The number of carbonyl (C=O) groups excluding carboxylic acids is 1. The summed E-state index contributed by atoms with van der Waals surface area (Å²) in [7, 11) is 2.15. The summed E-state index contributed by atoms with van der Waals surface area (Å²) in [5.74, 6) is 0.201. The predicted molar refractivity (Wildman–Crippen MR) is 68.9 cm³/mol. The molecule has 2 atom stereocenters. The lowest BCUT2D eigenvalue weighted by Crippen LogP contribution is -2.47. The van der Waals surface area contributed by atoms with E-state index in [9.17, 15) is 4.79 Å². The summed E-state index contributed by atoms with van der Waals surface area (Å²) in [6.45, 7) is 2.97. The highest BCUT2D eigenvalue weighted by Gasteiger charge is 2.23. The SMILES string of the molecule is CN1CCCC1CNC(=O)C1CCCCCN1. The molecule has 0 aliphatic carbocycles. The molecule has 2 aliphatic rings. The molecule has 0 radical (unpaired) electrons. The number of rotatable bonds is 3. The van der Waals surface area contributed by atoms with Gasteiger partial charge in [0.05, 0.1) is 6.04 Å². The molecule has 2 rings (SSSR count). The molecule has 0 aromatic rings. The summed E-state index contributed by atoms with van der Waals surface area (Å²) in [4.78, 5) is 14.4. The lowest BCUT2D eigenvalue weighted by atomic mass is 10.1. The predicted octanol–water partition coefficient (Wildman–Crippen LogP) is 0.729. The number of hydrogen-bond donors (Lipinski definition) is 2. The summed E-state index contributed by atoms with van der Waals surface area (Å²) < 4.78 is 0. The zero-order chi connectivity index (χ0) is 12.1. The molecule has 0 aromatic heterocycles. The number of hydrogen-bond acceptors (Lipinski definition) is 3. The molecule has 2 N–H and O–H groups in total. The van der Waals surface area contributed by atoms with Crippen LogP contribution in [0.15, 0.2) is 0 Å². The first kappa shape index (κ1) is 12.8. The Morgan fingerprint density at radius 1 is 1.29 bits per heavy atom. The quantitative estimate of drug-likeness (QED) is 0.763.